The minimum atomic E-state index is 0.274. The van der Waals surface area contributed by atoms with E-state index in [1.54, 1.807) is 18.2 Å². The molecular weight excluding hydrogens is 270 g/mol. The molecule has 0 saturated heterocycles. The Morgan fingerprint density at radius 2 is 1.75 bits per heavy atom. The topological polar surface area (TPSA) is 52.0 Å². The fraction of sp³-hybridized carbons (Fsp3) is 0.100. The third-order valence-electron chi connectivity index (χ3n) is 2.02. The predicted molar refractivity (Wildman–Crippen MR) is 64.9 cm³/mol. The Hall–Kier alpha value is -0.740. The Kier molecular flexibility index (Phi) is 3.40. The van der Waals surface area contributed by atoms with Crippen molar-refractivity contribution in [2.75, 3.05) is 0 Å². The number of hydrogen-bond acceptors (Lipinski definition) is 3. The summed E-state index contributed by atoms with van der Waals surface area (Å²) in [6.45, 7) is 0.274. The van der Waals surface area contributed by atoms with Crippen LogP contribution in [0.4, 0.5) is 0 Å². The van der Waals surface area contributed by atoms with Crippen LogP contribution in [0.1, 0.15) is 5.76 Å². The van der Waals surface area contributed by atoms with Crippen molar-refractivity contribution >= 4 is 34.8 Å². The van der Waals surface area contributed by atoms with Gasteiger partial charge >= 0.3 is 0 Å². The summed E-state index contributed by atoms with van der Waals surface area (Å²) in [6.07, 6.45) is 0. The summed E-state index contributed by atoms with van der Waals surface area (Å²) in [5, 5.41) is 5.17. The average molecular weight is 278 g/mol. The molecule has 84 valence electrons. The molecule has 16 heavy (non-hydrogen) atoms. The summed E-state index contributed by atoms with van der Waals surface area (Å²) in [7, 11) is 0. The summed E-state index contributed by atoms with van der Waals surface area (Å²) in [6, 6.07) is 4.89. The molecule has 0 spiro atoms. The lowest BCUT2D eigenvalue weighted by Crippen LogP contribution is -1.92. The first kappa shape index (κ1) is 11.7. The normalized spacial score (nSPS) is 10.8. The highest BCUT2D eigenvalue weighted by atomic mass is 35.5. The van der Waals surface area contributed by atoms with Crippen LogP contribution in [-0.2, 0) is 6.54 Å². The van der Waals surface area contributed by atoms with Crippen molar-refractivity contribution < 1.29 is 4.52 Å². The predicted octanol–water partition coefficient (Wildman–Crippen LogP) is 3.76. The lowest BCUT2D eigenvalue weighted by atomic mass is 10.1. The molecule has 2 N–H and O–H groups in total. The van der Waals surface area contributed by atoms with Crippen LogP contribution in [0.25, 0.3) is 11.3 Å². The standard InChI is InChI=1S/C10H7Cl3N2O/c11-5-1-7(12)10(8(13)2-5)9-3-6(4-14)16-15-9/h1-3H,4,14H2. The molecule has 0 fully saturated rings. The molecule has 0 aliphatic carbocycles. The maximum Gasteiger partial charge on any atom is 0.150 e. The number of nitrogens with two attached hydrogens (primary N) is 1. The molecule has 2 rings (SSSR count). The highest BCUT2D eigenvalue weighted by molar-refractivity contribution is 6.41. The molecule has 3 nitrogen and oxygen atoms in total. The van der Waals surface area contributed by atoms with Gasteiger partial charge in [0.25, 0.3) is 0 Å². The maximum atomic E-state index is 6.04. The molecule has 0 atom stereocenters. The van der Waals surface area contributed by atoms with Crippen LogP contribution in [0.5, 0.6) is 0 Å². The fourth-order valence-electron chi connectivity index (χ4n) is 1.31. The molecule has 2 aromatic rings. The number of aromatic nitrogens is 1. The number of rotatable bonds is 2. The van der Waals surface area contributed by atoms with E-state index in [9.17, 15) is 0 Å². The van der Waals surface area contributed by atoms with Crippen LogP contribution in [0.3, 0.4) is 0 Å². The van der Waals surface area contributed by atoms with E-state index in [0.717, 1.165) is 0 Å². The van der Waals surface area contributed by atoms with Crippen molar-refractivity contribution in [3.05, 3.63) is 39.0 Å². The Balaban J connectivity index is 2.55. The number of benzene rings is 1. The zero-order valence-electron chi connectivity index (χ0n) is 8.01. The van der Waals surface area contributed by atoms with Crippen molar-refractivity contribution in [2.45, 2.75) is 6.54 Å². The number of hydrogen-bond donors (Lipinski definition) is 1. The number of halogens is 3. The molecule has 0 aliphatic rings. The molecule has 6 heteroatoms. The largest absolute Gasteiger partial charge is 0.359 e. The van der Waals surface area contributed by atoms with Crippen molar-refractivity contribution in [1.82, 2.24) is 5.16 Å². The molecule has 0 amide bonds. The van der Waals surface area contributed by atoms with Crippen LogP contribution in [0.15, 0.2) is 22.7 Å². The lowest BCUT2D eigenvalue weighted by molar-refractivity contribution is 0.387. The Labute approximate surface area is 107 Å². The molecule has 1 aromatic heterocycles. The zero-order valence-corrected chi connectivity index (χ0v) is 10.3. The first-order valence-electron chi connectivity index (χ1n) is 4.42. The second kappa shape index (κ2) is 4.63. The van der Waals surface area contributed by atoms with Gasteiger partial charge in [-0.2, -0.15) is 0 Å². The quantitative estimate of drug-likeness (QED) is 0.909. The Morgan fingerprint density at radius 1 is 1.12 bits per heavy atom. The molecule has 0 bridgehead atoms. The van der Waals surface area contributed by atoms with Crippen molar-refractivity contribution in [3.63, 3.8) is 0 Å². The summed E-state index contributed by atoms with van der Waals surface area (Å²) in [4.78, 5) is 0. The van der Waals surface area contributed by atoms with E-state index in [0.29, 0.717) is 32.1 Å². The Morgan fingerprint density at radius 3 is 2.25 bits per heavy atom. The van der Waals surface area contributed by atoms with Crippen LogP contribution >= 0.6 is 34.8 Å². The SMILES string of the molecule is NCc1cc(-c2c(Cl)cc(Cl)cc2Cl)no1. The summed E-state index contributed by atoms with van der Waals surface area (Å²) < 4.78 is 4.98. The molecule has 0 unspecified atom stereocenters. The van der Waals surface area contributed by atoms with Crippen molar-refractivity contribution in [1.29, 1.82) is 0 Å². The monoisotopic (exact) mass is 276 g/mol. The third-order valence-corrected chi connectivity index (χ3v) is 2.84. The average Bonchev–Trinajstić information content (AvgIpc) is 2.64. The van der Waals surface area contributed by atoms with E-state index < -0.39 is 0 Å². The molecule has 0 radical (unpaired) electrons. The van der Waals surface area contributed by atoms with Gasteiger partial charge in [-0.25, -0.2) is 0 Å². The minimum absolute atomic E-state index is 0.274. The molecule has 0 saturated carbocycles. The third kappa shape index (κ3) is 2.18. The van der Waals surface area contributed by atoms with Crippen LogP contribution < -0.4 is 5.73 Å². The van der Waals surface area contributed by atoms with Crippen LogP contribution in [-0.4, -0.2) is 5.16 Å². The lowest BCUT2D eigenvalue weighted by Gasteiger charge is -2.03. The van der Waals surface area contributed by atoms with E-state index >= 15 is 0 Å². The first-order chi connectivity index (χ1) is 7.61. The van der Waals surface area contributed by atoms with Gasteiger partial charge in [0.2, 0.25) is 0 Å². The van der Waals surface area contributed by atoms with Gasteiger partial charge in [0.05, 0.1) is 16.6 Å². The summed E-state index contributed by atoms with van der Waals surface area (Å²) >= 11 is 17.9. The molecular formula is C10H7Cl3N2O. The van der Waals surface area contributed by atoms with E-state index in [1.165, 1.54) is 0 Å². The van der Waals surface area contributed by atoms with Crippen LogP contribution in [0.2, 0.25) is 15.1 Å². The Bertz CT molecular complexity index is 502. The smallest absolute Gasteiger partial charge is 0.150 e. The van der Waals surface area contributed by atoms with Gasteiger partial charge in [-0.1, -0.05) is 40.0 Å². The molecule has 1 heterocycles. The maximum absolute atomic E-state index is 6.04. The second-order valence-corrected chi connectivity index (χ2v) is 4.38. The van der Waals surface area contributed by atoms with Gasteiger partial charge in [0.15, 0.2) is 5.76 Å². The van der Waals surface area contributed by atoms with E-state index in [4.69, 9.17) is 45.1 Å². The van der Waals surface area contributed by atoms with Gasteiger partial charge in [0.1, 0.15) is 5.69 Å². The van der Waals surface area contributed by atoms with Crippen LogP contribution in [0, 0.1) is 0 Å². The van der Waals surface area contributed by atoms with Gasteiger partial charge < -0.3 is 10.3 Å². The number of nitrogens with zero attached hydrogens (tertiary/aromatic N) is 1. The van der Waals surface area contributed by atoms with Gasteiger partial charge in [-0.15, -0.1) is 0 Å². The van der Waals surface area contributed by atoms with Gasteiger partial charge in [-0.3, -0.25) is 0 Å². The van der Waals surface area contributed by atoms with Crippen molar-refractivity contribution in [3.8, 4) is 11.3 Å². The highest BCUT2D eigenvalue weighted by Gasteiger charge is 2.14. The molecule has 0 aliphatic heterocycles. The summed E-state index contributed by atoms with van der Waals surface area (Å²) in [5.74, 6) is 0.567. The fourth-order valence-corrected chi connectivity index (χ4v) is 2.32. The van der Waals surface area contributed by atoms with Gasteiger partial charge in [-0.05, 0) is 12.1 Å². The van der Waals surface area contributed by atoms with E-state index in [-0.39, 0.29) is 6.54 Å². The van der Waals surface area contributed by atoms with Crippen molar-refractivity contribution in [2.24, 2.45) is 5.73 Å². The minimum Gasteiger partial charge on any atom is -0.359 e. The molecule has 1 aromatic carbocycles. The van der Waals surface area contributed by atoms with E-state index in [1.807, 2.05) is 0 Å². The van der Waals surface area contributed by atoms with E-state index in [2.05, 4.69) is 5.16 Å². The zero-order chi connectivity index (χ0) is 11.7. The van der Waals surface area contributed by atoms with Gasteiger partial charge in [0, 0.05) is 16.7 Å². The summed E-state index contributed by atoms with van der Waals surface area (Å²) in [5.41, 5.74) is 6.56. The first-order valence-corrected chi connectivity index (χ1v) is 5.55. The second-order valence-electron chi connectivity index (χ2n) is 3.13. The highest BCUT2D eigenvalue weighted by Crippen LogP contribution is 2.36.